The van der Waals surface area contributed by atoms with Crippen molar-refractivity contribution in [2.45, 2.75) is 26.7 Å². The highest BCUT2D eigenvalue weighted by atomic mass is 32.1. The fraction of sp³-hybridized carbons (Fsp3) is 0.667. The highest BCUT2D eigenvalue weighted by Gasteiger charge is 1.80. The lowest BCUT2D eigenvalue weighted by Crippen LogP contribution is -1.84. The van der Waals surface area contributed by atoms with Crippen LogP contribution < -0.4 is 0 Å². The lowest BCUT2D eigenvalue weighted by Gasteiger charge is -1.85. The van der Waals surface area contributed by atoms with E-state index in [1.807, 2.05) is 20.1 Å². The van der Waals surface area contributed by atoms with Crippen LogP contribution in [0.1, 0.15) is 26.7 Å². The maximum absolute atomic E-state index is 4.82. The van der Waals surface area contributed by atoms with E-state index < -0.39 is 0 Å². The van der Waals surface area contributed by atoms with E-state index in [-0.39, 0.29) is 0 Å². The van der Waals surface area contributed by atoms with Crippen LogP contribution in [0, 0.1) is 0 Å². The van der Waals surface area contributed by atoms with Gasteiger partial charge in [-0.25, -0.2) is 0 Å². The largest absolute Gasteiger partial charge is 0.254 e. The summed E-state index contributed by atoms with van der Waals surface area (Å²) < 4.78 is 0. The molecule has 2 heteroatoms. The van der Waals surface area contributed by atoms with Gasteiger partial charge in [-0.2, -0.15) is 0 Å². The summed E-state index contributed by atoms with van der Waals surface area (Å²) in [5, 5.41) is 0. The molecule has 1 nitrogen and oxygen atoms in total. The quantitative estimate of drug-likeness (QED) is 0.411. The number of rotatable bonds is 2. The standard InChI is InChI=1S/C6H11NS/c1-3-5-7-6(8)4-2/h5H,3-4H2,1-2H3. The molecule has 0 bridgehead atoms. The van der Waals surface area contributed by atoms with Crippen LogP contribution in [0.5, 0.6) is 0 Å². The number of nitrogens with zero attached hydrogens (tertiary/aromatic N) is 1. The van der Waals surface area contributed by atoms with Crippen LogP contribution >= 0.6 is 12.2 Å². The monoisotopic (exact) mass is 129 g/mol. The van der Waals surface area contributed by atoms with Crippen molar-refractivity contribution in [3.8, 4) is 0 Å². The molecule has 46 valence electrons. The molecule has 0 amide bonds. The average molecular weight is 129 g/mol. The van der Waals surface area contributed by atoms with Crippen molar-refractivity contribution >= 4 is 23.4 Å². The normalized spacial score (nSPS) is 10.2. The summed E-state index contributed by atoms with van der Waals surface area (Å²) in [6.45, 7) is 4.05. The van der Waals surface area contributed by atoms with Crippen molar-refractivity contribution in [3.05, 3.63) is 0 Å². The van der Waals surface area contributed by atoms with Gasteiger partial charge < -0.3 is 0 Å². The van der Waals surface area contributed by atoms with Gasteiger partial charge in [0.05, 0.1) is 0 Å². The van der Waals surface area contributed by atoms with Crippen LogP contribution in [-0.4, -0.2) is 11.2 Å². The fourth-order valence-corrected chi connectivity index (χ4v) is 0.359. The van der Waals surface area contributed by atoms with Crippen molar-refractivity contribution in [2.75, 3.05) is 0 Å². The van der Waals surface area contributed by atoms with Crippen molar-refractivity contribution in [1.29, 1.82) is 0 Å². The molecule has 0 aliphatic rings. The zero-order valence-electron chi connectivity index (χ0n) is 5.35. The number of hydrogen-bond acceptors (Lipinski definition) is 1. The smallest absolute Gasteiger partial charge is 0.102 e. The minimum Gasteiger partial charge on any atom is -0.254 e. The highest BCUT2D eigenvalue weighted by Crippen LogP contribution is 1.85. The van der Waals surface area contributed by atoms with Gasteiger partial charge in [-0.1, -0.05) is 26.1 Å². The Morgan fingerprint density at radius 3 is 2.62 bits per heavy atom. The molecule has 0 heterocycles. The van der Waals surface area contributed by atoms with Crippen molar-refractivity contribution < 1.29 is 0 Å². The Bertz CT molecular complexity index is 96.7. The van der Waals surface area contributed by atoms with Crippen LogP contribution in [-0.2, 0) is 0 Å². The first-order valence-corrected chi connectivity index (χ1v) is 3.27. The Kier molecular flexibility index (Phi) is 4.76. The van der Waals surface area contributed by atoms with E-state index in [1.165, 1.54) is 0 Å². The molecule has 0 aliphatic carbocycles. The summed E-state index contributed by atoms with van der Waals surface area (Å²) in [6.07, 6.45) is 3.69. The van der Waals surface area contributed by atoms with E-state index in [2.05, 4.69) is 4.99 Å². The summed E-state index contributed by atoms with van der Waals surface area (Å²) in [5.41, 5.74) is 0. The molecule has 0 N–H and O–H groups in total. The first-order valence-electron chi connectivity index (χ1n) is 2.86. The Hall–Kier alpha value is -0.240. The molecule has 8 heavy (non-hydrogen) atoms. The average Bonchev–Trinajstić information content (AvgIpc) is 1.83. The SMILES string of the molecule is CCC=NC(=S)CC. The van der Waals surface area contributed by atoms with Gasteiger partial charge in [0.15, 0.2) is 0 Å². The molecule has 0 aromatic carbocycles. The Morgan fingerprint density at radius 1 is 1.62 bits per heavy atom. The minimum atomic E-state index is 0.798. The van der Waals surface area contributed by atoms with Crippen LogP contribution in [0.3, 0.4) is 0 Å². The second kappa shape index (κ2) is 4.91. The lowest BCUT2D eigenvalue weighted by atomic mass is 10.5. The first kappa shape index (κ1) is 7.76. The molecular formula is C6H11NS. The zero-order valence-corrected chi connectivity index (χ0v) is 6.16. The summed E-state index contributed by atoms with van der Waals surface area (Å²) >= 11 is 4.82. The Balaban J connectivity index is 3.37. The zero-order chi connectivity index (χ0) is 6.41. The third kappa shape index (κ3) is 3.93. The van der Waals surface area contributed by atoms with E-state index in [0.717, 1.165) is 17.8 Å². The molecule has 0 fully saturated rings. The maximum Gasteiger partial charge on any atom is 0.102 e. The van der Waals surface area contributed by atoms with Gasteiger partial charge in [0.2, 0.25) is 0 Å². The molecule has 0 spiro atoms. The predicted molar refractivity (Wildman–Crippen MR) is 41.7 cm³/mol. The number of hydrogen-bond donors (Lipinski definition) is 0. The van der Waals surface area contributed by atoms with Gasteiger partial charge in [0, 0.05) is 6.21 Å². The molecule has 0 atom stereocenters. The maximum atomic E-state index is 4.82. The highest BCUT2D eigenvalue weighted by molar-refractivity contribution is 7.80. The number of aliphatic imine (C=N–C) groups is 1. The van der Waals surface area contributed by atoms with Crippen molar-refractivity contribution in [1.82, 2.24) is 0 Å². The molecule has 0 aliphatic heterocycles. The summed E-state index contributed by atoms with van der Waals surface area (Å²) in [4.78, 5) is 4.77. The van der Waals surface area contributed by atoms with E-state index in [0.29, 0.717) is 0 Å². The van der Waals surface area contributed by atoms with Gasteiger partial charge >= 0.3 is 0 Å². The molecule has 0 saturated carbocycles. The molecule has 0 aromatic heterocycles. The first-order chi connectivity index (χ1) is 3.81. The van der Waals surface area contributed by atoms with Crippen molar-refractivity contribution in [2.24, 2.45) is 4.99 Å². The van der Waals surface area contributed by atoms with Crippen LogP contribution in [0.25, 0.3) is 0 Å². The Labute approximate surface area is 55.8 Å². The van der Waals surface area contributed by atoms with Gasteiger partial charge in [0.1, 0.15) is 4.99 Å². The third-order valence-corrected chi connectivity index (χ3v) is 1.11. The molecule has 0 rings (SSSR count). The topological polar surface area (TPSA) is 12.4 Å². The van der Waals surface area contributed by atoms with Crippen LogP contribution in [0.2, 0.25) is 0 Å². The molecular weight excluding hydrogens is 118 g/mol. The van der Waals surface area contributed by atoms with Crippen molar-refractivity contribution in [3.63, 3.8) is 0 Å². The Morgan fingerprint density at radius 2 is 2.25 bits per heavy atom. The summed E-state index contributed by atoms with van der Waals surface area (Å²) in [6, 6.07) is 0. The van der Waals surface area contributed by atoms with Crippen LogP contribution in [0.15, 0.2) is 4.99 Å². The minimum absolute atomic E-state index is 0.798. The van der Waals surface area contributed by atoms with Gasteiger partial charge in [-0.15, -0.1) is 0 Å². The van der Waals surface area contributed by atoms with Crippen LogP contribution in [0.4, 0.5) is 0 Å². The van der Waals surface area contributed by atoms with E-state index in [4.69, 9.17) is 12.2 Å². The van der Waals surface area contributed by atoms with Gasteiger partial charge in [-0.3, -0.25) is 4.99 Å². The van der Waals surface area contributed by atoms with E-state index in [9.17, 15) is 0 Å². The van der Waals surface area contributed by atoms with Gasteiger partial charge in [-0.05, 0) is 12.8 Å². The molecule has 0 radical (unpaired) electrons. The van der Waals surface area contributed by atoms with E-state index >= 15 is 0 Å². The summed E-state index contributed by atoms with van der Waals surface area (Å²) in [5.74, 6) is 0. The second-order valence-electron chi connectivity index (χ2n) is 1.47. The molecule has 0 unspecified atom stereocenters. The van der Waals surface area contributed by atoms with Gasteiger partial charge in [0.25, 0.3) is 0 Å². The lowest BCUT2D eigenvalue weighted by molar-refractivity contribution is 1.27. The third-order valence-electron chi connectivity index (χ3n) is 0.720. The summed E-state index contributed by atoms with van der Waals surface area (Å²) in [7, 11) is 0. The van der Waals surface area contributed by atoms with E-state index in [1.54, 1.807) is 0 Å². The predicted octanol–water partition coefficient (Wildman–Crippen LogP) is 2.20. The molecule has 0 saturated heterocycles. The molecule has 0 aromatic rings. The fourth-order valence-electron chi connectivity index (χ4n) is 0.284. The number of thiocarbonyl (C=S) groups is 1. The second-order valence-corrected chi connectivity index (χ2v) is 1.94.